The lowest BCUT2D eigenvalue weighted by Crippen LogP contribution is -2.30. The largest absolute Gasteiger partial charge is 0.462 e. The highest BCUT2D eigenvalue weighted by Crippen LogP contribution is 2.14. The summed E-state index contributed by atoms with van der Waals surface area (Å²) in [6.45, 7) is 6.46. The molecule has 1 unspecified atom stereocenters. The summed E-state index contributed by atoms with van der Waals surface area (Å²) in [7, 11) is 0. The summed E-state index contributed by atoms with van der Waals surface area (Å²) in [5.74, 6) is -0.946. The van der Waals surface area contributed by atoms with E-state index in [1.165, 1.54) is 77.0 Å². The second-order valence-corrected chi connectivity index (χ2v) is 20.6. The molecule has 0 amide bonds. The van der Waals surface area contributed by atoms with E-state index >= 15 is 0 Å². The van der Waals surface area contributed by atoms with Crippen molar-refractivity contribution in [2.24, 2.45) is 0 Å². The molecule has 0 radical (unpaired) electrons. The van der Waals surface area contributed by atoms with E-state index in [2.05, 4.69) is 154 Å². The predicted molar refractivity (Wildman–Crippen MR) is 334 cm³/mol. The average Bonchev–Trinajstić information content (AvgIpc) is 3.43. The average molecular weight is 1070 g/mol. The molecule has 0 saturated heterocycles. The molecule has 0 rings (SSSR count). The number of esters is 3. The second kappa shape index (κ2) is 64.1. The molecular weight excluding hydrogens is 949 g/mol. The van der Waals surface area contributed by atoms with Crippen molar-refractivity contribution in [3.8, 4) is 0 Å². The van der Waals surface area contributed by atoms with Gasteiger partial charge in [-0.25, -0.2) is 0 Å². The Bertz CT molecular complexity index is 1650. The molecule has 6 heteroatoms. The zero-order chi connectivity index (χ0) is 55.7. The van der Waals surface area contributed by atoms with Crippen LogP contribution in [0.25, 0.3) is 0 Å². The minimum absolute atomic E-state index is 0.0993. The van der Waals surface area contributed by atoms with E-state index in [1.54, 1.807) is 0 Å². The fraction of sp³-hybridized carbons (Fsp3) is 0.648. The van der Waals surface area contributed by atoms with Gasteiger partial charge in [0.2, 0.25) is 0 Å². The molecule has 1 atom stereocenters. The van der Waals surface area contributed by atoms with Crippen molar-refractivity contribution in [3.63, 3.8) is 0 Å². The molecule has 6 nitrogen and oxygen atoms in total. The molecule has 0 heterocycles. The van der Waals surface area contributed by atoms with E-state index in [-0.39, 0.29) is 31.1 Å². The highest BCUT2D eigenvalue weighted by molar-refractivity contribution is 5.71. The van der Waals surface area contributed by atoms with Crippen LogP contribution >= 0.6 is 0 Å². The number of rotatable bonds is 56. The third kappa shape index (κ3) is 62.3. The number of hydrogen-bond acceptors (Lipinski definition) is 6. The summed E-state index contributed by atoms with van der Waals surface area (Å²) < 4.78 is 16.9. The van der Waals surface area contributed by atoms with E-state index in [1.807, 2.05) is 0 Å². The lowest BCUT2D eigenvalue weighted by Gasteiger charge is -2.18. The lowest BCUT2D eigenvalue weighted by molar-refractivity contribution is -0.167. The maximum Gasteiger partial charge on any atom is 0.306 e. The van der Waals surface area contributed by atoms with Gasteiger partial charge in [-0.05, 0) is 141 Å². The fourth-order valence-corrected chi connectivity index (χ4v) is 8.36. The van der Waals surface area contributed by atoms with Crippen LogP contribution in [0.3, 0.4) is 0 Å². The Hall–Kier alpha value is -4.45. The van der Waals surface area contributed by atoms with Gasteiger partial charge in [0.05, 0.1) is 0 Å². The molecule has 0 saturated carbocycles. The van der Waals surface area contributed by atoms with Gasteiger partial charge in [-0.15, -0.1) is 0 Å². The van der Waals surface area contributed by atoms with Gasteiger partial charge < -0.3 is 14.2 Å². The van der Waals surface area contributed by atoms with Gasteiger partial charge in [0, 0.05) is 19.3 Å². The summed E-state index contributed by atoms with van der Waals surface area (Å²) in [4.78, 5) is 38.3. The van der Waals surface area contributed by atoms with Gasteiger partial charge in [0.1, 0.15) is 13.2 Å². The number of hydrogen-bond donors (Lipinski definition) is 0. The number of allylic oxidation sites excluding steroid dienone is 22. The van der Waals surface area contributed by atoms with Gasteiger partial charge in [0.25, 0.3) is 0 Å². The number of ether oxygens (including phenoxy) is 3. The molecule has 436 valence electrons. The van der Waals surface area contributed by atoms with E-state index in [0.29, 0.717) is 19.3 Å². The van der Waals surface area contributed by atoms with Crippen molar-refractivity contribution >= 4 is 17.9 Å². The molecule has 0 bridgehead atoms. The first-order valence-corrected chi connectivity index (χ1v) is 31.7. The highest BCUT2D eigenvalue weighted by atomic mass is 16.6. The van der Waals surface area contributed by atoms with E-state index < -0.39 is 6.10 Å². The summed E-state index contributed by atoms with van der Waals surface area (Å²) in [6, 6.07) is 0. The standard InChI is InChI=1S/C71H116O6/c1-4-7-10-13-16-19-22-25-28-29-30-31-32-33-34-35-36-37-38-39-40-41-44-46-49-52-55-58-61-64-70(73)76-67-68(77-71(74)65-62-59-56-53-50-47-43-27-24-21-18-15-12-9-6-3)66-75-69(72)63-60-57-54-51-48-45-42-26-23-20-17-14-11-8-5-2/h7,10,16,18-19,21,25-28,30-31,33-34,36-37,39-40,42-44,46,68H,4-6,8-9,11-15,17,20,22-24,29,32,35,38,41,45,47-67H2,1-3H3/b10-7-,19-16-,21-18-,28-25-,31-30-,34-33-,37-36-,40-39-,42-26-,43-27-,46-44-. The van der Waals surface area contributed by atoms with Crippen LogP contribution in [0.5, 0.6) is 0 Å². The van der Waals surface area contributed by atoms with E-state index in [4.69, 9.17) is 14.2 Å². The molecule has 0 fully saturated rings. The lowest BCUT2D eigenvalue weighted by atomic mass is 10.1. The van der Waals surface area contributed by atoms with Crippen molar-refractivity contribution in [1.29, 1.82) is 0 Å². The topological polar surface area (TPSA) is 78.9 Å². The smallest absolute Gasteiger partial charge is 0.306 e. The Balaban J connectivity index is 4.41. The third-order valence-electron chi connectivity index (χ3n) is 13.1. The molecule has 0 aromatic rings. The first-order chi connectivity index (χ1) is 38.0. The molecule has 0 aliphatic rings. The van der Waals surface area contributed by atoms with Gasteiger partial charge >= 0.3 is 17.9 Å². The molecule has 0 aliphatic heterocycles. The quantitative estimate of drug-likeness (QED) is 0.0261. The summed E-state index contributed by atoms with van der Waals surface area (Å²) >= 11 is 0. The summed E-state index contributed by atoms with van der Waals surface area (Å²) in [5, 5.41) is 0. The van der Waals surface area contributed by atoms with Crippen molar-refractivity contribution in [3.05, 3.63) is 134 Å². The van der Waals surface area contributed by atoms with Crippen LogP contribution < -0.4 is 0 Å². The van der Waals surface area contributed by atoms with E-state index in [0.717, 1.165) is 161 Å². The Morgan fingerprint density at radius 2 is 0.506 bits per heavy atom. The predicted octanol–water partition coefficient (Wildman–Crippen LogP) is 21.8. The molecule has 0 spiro atoms. The highest BCUT2D eigenvalue weighted by Gasteiger charge is 2.19. The van der Waals surface area contributed by atoms with Crippen LogP contribution in [0.4, 0.5) is 0 Å². The number of unbranched alkanes of at least 4 members (excludes halogenated alkanes) is 23. The third-order valence-corrected chi connectivity index (χ3v) is 13.1. The van der Waals surface area contributed by atoms with Crippen LogP contribution in [0.2, 0.25) is 0 Å². The van der Waals surface area contributed by atoms with Crippen LogP contribution in [0, 0.1) is 0 Å². The molecule has 0 N–H and O–H groups in total. The minimum atomic E-state index is -0.805. The zero-order valence-corrected chi connectivity index (χ0v) is 49.9. The van der Waals surface area contributed by atoms with Gasteiger partial charge in [-0.3, -0.25) is 14.4 Å². The normalized spacial score (nSPS) is 13.0. The summed E-state index contributed by atoms with van der Waals surface area (Å²) in [6.07, 6.45) is 90.2. The zero-order valence-electron chi connectivity index (χ0n) is 49.9. The van der Waals surface area contributed by atoms with Crippen molar-refractivity contribution < 1.29 is 28.6 Å². The Morgan fingerprint density at radius 1 is 0.273 bits per heavy atom. The molecule has 0 aromatic heterocycles. The van der Waals surface area contributed by atoms with Crippen molar-refractivity contribution in [2.45, 2.75) is 284 Å². The first kappa shape index (κ1) is 72.5. The van der Waals surface area contributed by atoms with Crippen molar-refractivity contribution in [1.82, 2.24) is 0 Å². The Morgan fingerprint density at radius 3 is 0.831 bits per heavy atom. The second-order valence-electron chi connectivity index (χ2n) is 20.6. The Labute approximate surface area is 475 Å². The Kier molecular flexibility index (Phi) is 60.4. The SMILES string of the molecule is CC/C=C\C/C=C\C/C=C\C/C=C\C/C=C\C/C=C\C/C=C\C/C=C\CCCCCCC(=O)OCC(COC(=O)CCCCCCC/C=C\CCCCCCCC)OC(=O)CCCCCCC/C=C\C/C=C\CCCCC. The molecular formula is C71H116O6. The summed E-state index contributed by atoms with van der Waals surface area (Å²) in [5.41, 5.74) is 0. The van der Waals surface area contributed by atoms with Crippen LogP contribution in [-0.4, -0.2) is 37.2 Å². The van der Waals surface area contributed by atoms with Gasteiger partial charge in [0.15, 0.2) is 6.10 Å². The maximum absolute atomic E-state index is 12.9. The van der Waals surface area contributed by atoms with Gasteiger partial charge in [-0.1, -0.05) is 251 Å². The van der Waals surface area contributed by atoms with Crippen molar-refractivity contribution in [2.75, 3.05) is 13.2 Å². The first-order valence-electron chi connectivity index (χ1n) is 31.7. The minimum Gasteiger partial charge on any atom is -0.462 e. The van der Waals surface area contributed by atoms with Crippen LogP contribution in [0.15, 0.2) is 134 Å². The molecule has 77 heavy (non-hydrogen) atoms. The fourth-order valence-electron chi connectivity index (χ4n) is 8.36. The number of carbonyl (C=O) groups excluding carboxylic acids is 3. The maximum atomic E-state index is 12.9. The monoisotopic (exact) mass is 1060 g/mol. The number of carbonyl (C=O) groups is 3. The molecule has 0 aliphatic carbocycles. The van der Waals surface area contributed by atoms with Crippen LogP contribution in [-0.2, 0) is 28.6 Å². The molecule has 0 aromatic carbocycles. The van der Waals surface area contributed by atoms with Crippen LogP contribution in [0.1, 0.15) is 278 Å². The van der Waals surface area contributed by atoms with E-state index in [9.17, 15) is 14.4 Å². The van der Waals surface area contributed by atoms with Gasteiger partial charge in [-0.2, -0.15) is 0 Å².